The van der Waals surface area contributed by atoms with Crippen LogP contribution in [0, 0.1) is 0 Å². The van der Waals surface area contributed by atoms with E-state index in [4.69, 9.17) is 0 Å². The van der Waals surface area contributed by atoms with Crippen LogP contribution in [0.15, 0.2) is 24.3 Å². The molecule has 1 aromatic rings. The zero-order chi connectivity index (χ0) is 15.7. The summed E-state index contributed by atoms with van der Waals surface area (Å²) in [5.41, 5.74) is 0.00769. The van der Waals surface area contributed by atoms with Gasteiger partial charge in [-0.25, -0.2) is 8.42 Å². The van der Waals surface area contributed by atoms with Crippen LogP contribution in [0.2, 0.25) is 0 Å². The second-order valence-corrected chi connectivity index (χ2v) is 8.83. The van der Waals surface area contributed by atoms with Crippen LogP contribution in [0.3, 0.4) is 0 Å². The number of halogens is 4. The molecule has 2 nitrogen and oxygen atoms in total. The molecule has 2 rings (SSSR count). The Morgan fingerprint density at radius 2 is 1.81 bits per heavy atom. The van der Waals surface area contributed by atoms with Crippen molar-refractivity contribution in [3.05, 3.63) is 35.4 Å². The number of alkyl halides is 4. The van der Waals surface area contributed by atoms with Crippen LogP contribution in [0.5, 0.6) is 0 Å². The zero-order valence-electron chi connectivity index (χ0n) is 11.2. The van der Waals surface area contributed by atoms with E-state index < -0.39 is 26.8 Å². The minimum absolute atomic E-state index is 0.201. The summed E-state index contributed by atoms with van der Waals surface area (Å²) in [4.78, 5) is -0.264. The number of hydrogen-bond acceptors (Lipinski definition) is 2. The molecule has 0 spiro atoms. The molecule has 7 heteroatoms. The summed E-state index contributed by atoms with van der Waals surface area (Å²) in [7, 11) is -3.10. The van der Waals surface area contributed by atoms with Gasteiger partial charge in [-0.1, -0.05) is 34.5 Å². The first-order valence-electron chi connectivity index (χ1n) is 6.72. The van der Waals surface area contributed by atoms with Gasteiger partial charge in [0.2, 0.25) is 0 Å². The summed E-state index contributed by atoms with van der Waals surface area (Å²) in [5, 5.41) is -0.450. The highest BCUT2D eigenvalue weighted by Crippen LogP contribution is 2.31. The summed E-state index contributed by atoms with van der Waals surface area (Å²) >= 11 is 3.41. The first-order valence-corrected chi connectivity index (χ1v) is 9.35. The first-order chi connectivity index (χ1) is 9.70. The molecule has 118 valence electrons. The van der Waals surface area contributed by atoms with E-state index in [0.717, 1.165) is 18.6 Å². The molecule has 0 N–H and O–H groups in total. The predicted molar refractivity (Wildman–Crippen MR) is 79.3 cm³/mol. The van der Waals surface area contributed by atoms with Gasteiger partial charge >= 0.3 is 6.18 Å². The number of benzene rings is 1. The van der Waals surface area contributed by atoms with Crippen LogP contribution >= 0.6 is 15.9 Å². The minimum atomic E-state index is -4.35. The Labute approximate surface area is 130 Å². The quantitative estimate of drug-likeness (QED) is 0.738. The molecule has 1 aliphatic heterocycles. The Bertz CT molecular complexity index is 581. The van der Waals surface area contributed by atoms with Crippen molar-refractivity contribution >= 4 is 25.8 Å². The zero-order valence-corrected chi connectivity index (χ0v) is 13.6. The fraction of sp³-hybridized carbons (Fsp3) is 0.571. The molecule has 1 fully saturated rings. The lowest BCUT2D eigenvalue weighted by Crippen LogP contribution is -2.36. The third-order valence-electron chi connectivity index (χ3n) is 3.74. The molecule has 21 heavy (non-hydrogen) atoms. The Morgan fingerprint density at radius 1 is 1.19 bits per heavy atom. The van der Waals surface area contributed by atoms with Crippen molar-refractivity contribution in [3.63, 3.8) is 0 Å². The van der Waals surface area contributed by atoms with Crippen molar-refractivity contribution in [3.8, 4) is 0 Å². The molecule has 0 aliphatic carbocycles. The number of hydrogen-bond donors (Lipinski definition) is 0. The van der Waals surface area contributed by atoms with E-state index in [-0.39, 0.29) is 10.6 Å². The first kappa shape index (κ1) is 16.8. The van der Waals surface area contributed by atoms with Gasteiger partial charge in [0, 0.05) is 4.83 Å². The van der Waals surface area contributed by atoms with E-state index in [1.54, 1.807) is 0 Å². The highest BCUT2D eigenvalue weighted by molar-refractivity contribution is 9.09. The molecule has 0 radical (unpaired) electrons. The van der Waals surface area contributed by atoms with E-state index in [1.807, 2.05) is 0 Å². The molecule has 0 saturated carbocycles. The van der Waals surface area contributed by atoms with Crippen molar-refractivity contribution in [2.45, 2.75) is 41.9 Å². The largest absolute Gasteiger partial charge is 0.416 e. The van der Waals surface area contributed by atoms with Gasteiger partial charge < -0.3 is 0 Å². The highest BCUT2D eigenvalue weighted by Gasteiger charge is 2.34. The molecular weight excluding hydrogens is 369 g/mol. The Hall–Kier alpha value is -0.560. The molecule has 1 heterocycles. The molecule has 0 aromatic heterocycles. The maximum Gasteiger partial charge on any atom is 0.416 e. The second-order valence-electron chi connectivity index (χ2n) is 5.32. The molecule has 1 aromatic carbocycles. The Morgan fingerprint density at radius 3 is 2.33 bits per heavy atom. The van der Waals surface area contributed by atoms with E-state index in [9.17, 15) is 21.6 Å². The lowest BCUT2D eigenvalue weighted by Gasteiger charge is -2.26. The van der Waals surface area contributed by atoms with Gasteiger partial charge in [0.25, 0.3) is 0 Å². The van der Waals surface area contributed by atoms with E-state index in [0.29, 0.717) is 24.8 Å². The van der Waals surface area contributed by atoms with E-state index in [2.05, 4.69) is 15.9 Å². The maximum atomic E-state index is 12.5. The molecular formula is C14H16BrF3O2S. The highest BCUT2D eigenvalue weighted by atomic mass is 79.9. The molecule has 2 atom stereocenters. The third-order valence-corrected chi connectivity index (χ3v) is 7.40. The van der Waals surface area contributed by atoms with Crippen LogP contribution in [-0.4, -0.2) is 24.2 Å². The van der Waals surface area contributed by atoms with Crippen molar-refractivity contribution in [2.24, 2.45) is 0 Å². The van der Waals surface area contributed by atoms with Crippen LogP contribution in [0.4, 0.5) is 13.2 Å². The minimum Gasteiger partial charge on any atom is -0.229 e. The van der Waals surface area contributed by atoms with Crippen LogP contribution in [-0.2, 0) is 22.4 Å². The van der Waals surface area contributed by atoms with Gasteiger partial charge in [0.05, 0.1) is 16.6 Å². The predicted octanol–water partition coefficient (Wildman–Crippen LogP) is 3.98. The monoisotopic (exact) mass is 384 g/mol. The molecule has 1 aliphatic rings. The average molecular weight is 385 g/mol. The molecule has 0 amide bonds. The summed E-state index contributed by atoms with van der Waals surface area (Å²) in [5.74, 6) is 0.201. The Balaban J connectivity index is 2.07. The van der Waals surface area contributed by atoms with Crippen LogP contribution in [0.1, 0.15) is 30.4 Å². The summed E-state index contributed by atoms with van der Waals surface area (Å²) in [6.45, 7) is 0. The average Bonchev–Trinajstić information content (AvgIpc) is 2.37. The van der Waals surface area contributed by atoms with Crippen molar-refractivity contribution in [1.82, 2.24) is 0 Å². The third kappa shape index (κ3) is 4.22. The van der Waals surface area contributed by atoms with Gasteiger partial charge in [-0.15, -0.1) is 0 Å². The fourth-order valence-electron chi connectivity index (χ4n) is 2.57. The van der Waals surface area contributed by atoms with Crippen molar-refractivity contribution < 1.29 is 21.6 Å². The normalized spacial score (nSPS) is 23.7. The van der Waals surface area contributed by atoms with Crippen molar-refractivity contribution in [2.75, 3.05) is 5.75 Å². The number of rotatable bonds is 3. The molecule has 0 bridgehead atoms. The summed E-state index contributed by atoms with van der Waals surface area (Å²) in [6.07, 6.45) is -1.77. The smallest absolute Gasteiger partial charge is 0.229 e. The van der Waals surface area contributed by atoms with Gasteiger partial charge in [0.1, 0.15) is 0 Å². The van der Waals surface area contributed by atoms with Gasteiger partial charge in [-0.3, -0.25) is 0 Å². The standard InChI is InChI=1S/C14H16BrF3O2S/c15-12(13-3-1-2-8-21(13,19)20)9-10-4-6-11(7-5-10)14(16,17)18/h4-7,12-13H,1-3,8-9H2. The van der Waals surface area contributed by atoms with E-state index >= 15 is 0 Å². The Kier molecular flexibility index (Phi) is 5.03. The van der Waals surface area contributed by atoms with Crippen molar-refractivity contribution in [1.29, 1.82) is 0 Å². The maximum absolute atomic E-state index is 12.5. The van der Waals surface area contributed by atoms with Gasteiger partial charge in [-0.2, -0.15) is 13.2 Å². The van der Waals surface area contributed by atoms with E-state index in [1.165, 1.54) is 12.1 Å². The molecule has 1 saturated heterocycles. The summed E-state index contributed by atoms with van der Waals surface area (Å²) in [6, 6.07) is 4.88. The second kappa shape index (κ2) is 6.28. The van der Waals surface area contributed by atoms with Crippen LogP contribution in [0.25, 0.3) is 0 Å². The fourth-order valence-corrected chi connectivity index (χ4v) is 6.18. The van der Waals surface area contributed by atoms with Gasteiger partial charge in [-0.05, 0) is 37.0 Å². The van der Waals surface area contributed by atoms with Crippen LogP contribution < -0.4 is 0 Å². The topological polar surface area (TPSA) is 34.1 Å². The van der Waals surface area contributed by atoms with Gasteiger partial charge in [0.15, 0.2) is 9.84 Å². The molecule has 2 unspecified atom stereocenters. The lowest BCUT2D eigenvalue weighted by atomic mass is 10.0. The number of sulfone groups is 1. The summed E-state index contributed by atoms with van der Waals surface area (Å²) < 4.78 is 61.5. The SMILES string of the molecule is O=S1(=O)CCCCC1C(Br)Cc1ccc(C(F)(F)F)cc1. The lowest BCUT2D eigenvalue weighted by molar-refractivity contribution is -0.137.